The van der Waals surface area contributed by atoms with E-state index in [-0.39, 0.29) is 42.6 Å². The lowest BCUT2D eigenvalue weighted by atomic mass is 9.80. The molecule has 2 N–H and O–H groups in total. The first-order valence-corrected chi connectivity index (χ1v) is 19.3. The van der Waals surface area contributed by atoms with Crippen molar-refractivity contribution >= 4 is 33.8 Å². The molecule has 54 heavy (non-hydrogen) atoms. The van der Waals surface area contributed by atoms with E-state index in [4.69, 9.17) is 14.6 Å². The van der Waals surface area contributed by atoms with Crippen molar-refractivity contribution in [3.05, 3.63) is 107 Å². The number of piperidine rings is 1. The van der Waals surface area contributed by atoms with Crippen molar-refractivity contribution in [2.45, 2.75) is 101 Å². The fourth-order valence-corrected chi connectivity index (χ4v) is 5.78. The summed E-state index contributed by atoms with van der Waals surface area (Å²) >= 11 is 0. The minimum Gasteiger partial charge on any atom is -0.445 e. The second kappa shape index (κ2) is 17.9. The predicted octanol–water partition coefficient (Wildman–Crippen LogP) is 9.44. The summed E-state index contributed by atoms with van der Waals surface area (Å²) < 4.78 is 120. The Morgan fingerprint density at radius 2 is 1.35 bits per heavy atom. The number of amides is 1. The molecule has 8 nitrogen and oxygen atoms in total. The summed E-state index contributed by atoms with van der Waals surface area (Å²) in [6.45, 7) is 11.7. The molecule has 0 aliphatic carbocycles. The summed E-state index contributed by atoms with van der Waals surface area (Å²) in [6, 6.07) is 19.1. The third-order valence-corrected chi connectivity index (χ3v) is 11.1. The first-order valence-electron chi connectivity index (χ1n) is 16.9. The Morgan fingerprint density at radius 3 is 1.81 bits per heavy atom. The number of carbonyl (C=O) groups excluding carboxylic acids is 1. The number of hydrogen-bond acceptors (Lipinski definition) is 5. The number of rotatable bonds is 8. The Labute approximate surface area is 317 Å². The monoisotopic (exact) mass is 803 g/mol. The molecule has 1 amide bonds. The summed E-state index contributed by atoms with van der Waals surface area (Å²) in [5.74, 6) is 0. The molecule has 4 rings (SSSR count). The Bertz CT molecular complexity index is 1760. The Hall–Kier alpha value is -3.60. The first-order chi connectivity index (χ1) is 24.8. The summed E-state index contributed by atoms with van der Waals surface area (Å²) in [4.78, 5) is 15.3. The summed E-state index contributed by atoms with van der Waals surface area (Å²) in [6.07, 6.45) is -11.5. The normalized spacial score (nSPS) is 19.4. The van der Waals surface area contributed by atoms with Crippen molar-refractivity contribution in [2.75, 3.05) is 13.2 Å². The van der Waals surface area contributed by atoms with E-state index < -0.39 is 67.9 Å². The van der Waals surface area contributed by atoms with E-state index >= 15 is 0 Å². The van der Waals surface area contributed by atoms with Gasteiger partial charge in [-0.1, -0.05) is 60.7 Å². The molecule has 0 spiro atoms. The van der Waals surface area contributed by atoms with Gasteiger partial charge in [0.1, 0.15) is 17.6 Å². The number of halogens is 6. The van der Waals surface area contributed by atoms with E-state index in [2.05, 4.69) is 4.40 Å². The zero-order chi connectivity index (χ0) is 40.7. The molecular weight excluding hydrogens is 757 g/mol. The van der Waals surface area contributed by atoms with E-state index in [0.717, 1.165) is 5.56 Å². The maximum atomic E-state index is 13.9. The van der Waals surface area contributed by atoms with Crippen LogP contribution in [0.1, 0.15) is 95.2 Å². The number of likely N-dealkylation sites (tertiary alicyclic amines) is 1. The molecule has 298 valence electrons. The highest BCUT2D eigenvalue weighted by Crippen LogP contribution is 2.41. The highest BCUT2D eigenvalue weighted by Gasteiger charge is 2.47. The van der Waals surface area contributed by atoms with Crippen LogP contribution >= 0.6 is 0 Å². The van der Waals surface area contributed by atoms with E-state index in [9.17, 15) is 39.6 Å². The van der Waals surface area contributed by atoms with Crippen LogP contribution in [0.3, 0.4) is 0 Å². The average Bonchev–Trinajstić information content (AvgIpc) is 3.09. The molecule has 0 radical (unpaired) electrons. The van der Waals surface area contributed by atoms with Gasteiger partial charge in [0, 0.05) is 5.71 Å². The van der Waals surface area contributed by atoms with Gasteiger partial charge in [-0.3, -0.25) is 10.0 Å². The lowest BCUT2D eigenvalue weighted by Crippen LogP contribution is -2.57. The van der Waals surface area contributed by atoms with Crippen molar-refractivity contribution in [2.24, 2.45) is 9.54 Å². The van der Waals surface area contributed by atoms with Gasteiger partial charge in [0.05, 0.1) is 56.4 Å². The largest absolute Gasteiger partial charge is 0.445 e. The summed E-state index contributed by atoms with van der Waals surface area (Å²) in [5.41, 5.74) is -2.69. The van der Waals surface area contributed by atoms with Crippen LogP contribution in [-0.4, -0.2) is 47.8 Å². The smallest absolute Gasteiger partial charge is 0.416 e. The van der Waals surface area contributed by atoms with Crippen molar-refractivity contribution in [1.29, 1.82) is 0 Å². The molecule has 4 atom stereocenters. The minimum absolute atomic E-state index is 0.0652. The molecule has 1 heterocycles. The van der Waals surface area contributed by atoms with Gasteiger partial charge in [-0.05, 0) is 96.2 Å². The Morgan fingerprint density at radius 1 is 0.852 bits per heavy atom. The molecule has 0 aromatic heterocycles. The zero-order valence-electron chi connectivity index (χ0n) is 31.2. The molecule has 1 fully saturated rings. The SMILES string of the molecule is CC(C)(C)S(N)=O.C[C@@H](OC[C@@]1(c2ccccc2)CCC(=NS(=O)C(C)(C)C)CN1C(=O)OCc1ccccc1)c1cc(C(F)(F)F)cc(C(F)(F)F)c1. The number of alkyl halides is 6. The fourth-order valence-electron chi connectivity index (χ4n) is 5.12. The van der Waals surface area contributed by atoms with Crippen LogP contribution in [-0.2, 0) is 55.9 Å². The van der Waals surface area contributed by atoms with Crippen molar-refractivity contribution in [3.63, 3.8) is 0 Å². The van der Waals surface area contributed by atoms with Crippen molar-refractivity contribution < 1.29 is 49.0 Å². The van der Waals surface area contributed by atoms with Gasteiger partial charge in [0.2, 0.25) is 0 Å². The van der Waals surface area contributed by atoms with Gasteiger partial charge in [0.15, 0.2) is 0 Å². The van der Waals surface area contributed by atoms with Crippen LogP contribution < -0.4 is 5.14 Å². The first kappa shape index (κ1) is 44.8. The predicted molar refractivity (Wildman–Crippen MR) is 199 cm³/mol. The topological polar surface area (TPSA) is 111 Å². The standard InChI is InChI=1S/C34H36F6N2O4S.C4H11NOS/c1-23(25-17-27(33(35,36)37)19-28(18-25)34(38,39)40)46-22-32(26-13-9-6-10-14-26)16-15-29(41-47(44)31(2,3)4)20-42(32)30(43)45-21-24-11-7-5-8-12-24;1-4(2,3)7(5)6/h5-14,17-19,23H,15-16,20-22H2,1-4H3;5H2,1-3H3/t23-,32-,47?;/m1./s1. The lowest BCUT2D eigenvalue weighted by molar-refractivity contribution is -0.143. The van der Waals surface area contributed by atoms with E-state index in [1.54, 1.807) is 75.4 Å². The van der Waals surface area contributed by atoms with Crippen LogP contribution in [0, 0.1) is 0 Å². The van der Waals surface area contributed by atoms with Crippen LogP contribution in [0.4, 0.5) is 31.1 Å². The third kappa shape index (κ3) is 12.5. The number of benzene rings is 3. The van der Waals surface area contributed by atoms with Crippen molar-refractivity contribution in [3.8, 4) is 0 Å². The second-order valence-electron chi connectivity index (χ2n) is 14.7. The number of carbonyl (C=O) groups is 1. The summed E-state index contributed by atoms with van der Waals surface area (Å²) in [5, 5.41) is 5.04. The molecule has 1 saturated heterocycles. The van der Waals surface area contributed by atoms with Gasteiger partial charge in [-0.2, -0.15) is 30.7 Å². The fraction of sp³-hybridized carbons (Fsp3) is 0.474. The lowest BCUT2D eigenvalue weighted by Gasteiger charge is -2.47. The van der Waals surface area contributed by atoms with E-state index in [0.29, 0.717) is 29.8 Å². The van der Waals surface area contributed by atoms with Crippen molar-refractivity contribution in [1.82, 2.24) is 4.90 Å². The van der Waals surface area contributed by atoms with Gasteiger partial charge in [-0.15, -0.1) is 0 Å². The number of nitrogens with two attached hydrogens (primary N) is 1. The maximum Gasteiger partial charge on any atom is 0.416 e. The van der Waals surface area contributed by atoms with E-state index in [1.807, 2.05) is 26.8 Å². The molecular formula is C38H47F6N3O5S2. The molecule has 3 aromatic rings. The zero-order valence-corrected chi connectivity index (χ0v) is 32.8. The quantitative estimate of drug-likeness (QED) is 0.228. The Balaban J connectivity index is 0.00000102. The van der Waals surface area contributed by atoms with Crippen LogP contribution in [0.25, 0.3) is 0 Å². The highest BCUT2D eigenvalue weighted by molar-refractivity contribution is 7.85. The molecule has 1 aliphatic rings. The van der Waals surface area contributed by atoms with Crippen LogP contribution in [0.2, 0.25) is 0 Å². The average molecular weight is 804 g/mol. The van der Waals surface area contributed by atoms with Gasteiger partial charge in [-0.25, -0.2) is 13.2 Å². The Kier molecular flexibility index (Phi) is 14.9. The summed E-state index contributed by atoms with van der Waals surface area (Å²) in [7, 11) is -2.81. The highest BCUT2D eigenvalue weighted by atomic mass is 32.2. The maximum absolute atomic E-state index is 13.9. The van der Waals surface area contributed by atoms with Gasteiger partial charge < -0.3 is 9.47 Å². The van der Waals surface area contributed by atoms with Gasteiger partial charge in [0.25, 0.3) is 0 Å². The third-order valence-electron chi connectivity index (χ3n) is 8.41. The molecule has 16 heteroatoms. The number of hydrogen-bond donors (Lipinski definition) is 1. The van der Waals surface area contributed by atoms with Gasteiger partial charge >= 0.3 is 18.4 Å². The molecule has 3 aromatic carbocycles. The molecule has 2 unspecified atom stereocenters. The number of nitrogens with zero attached hydrogens (tertiary/aromatic N) is 2. The molecule has 0 bridgehead atoms. The molecule has 0 saturated carbocycles. The van der Waals surface area contributed by atoms with Crippen LogP contribution in [0.15, 0.2) is 83.3 Å². The minimum atomic E-state index is -5.02. The van der Waals surface area contributed by atoms with E-state index in [1.165, 1.54) is 11.8 Å². The van der Waals surface area contributed by atoms with Crippen LogP contribution in [0.5, 0.6) is 0 Å². The molecule has 1 aliphatic heterocycles. The number of ether oxygens (including phenoxy) is 2. The second-order valence-corrected chi connectivity index (χ2v) is 18.5.